The number of nitrogens with zero attached hydrogens (tertiary/aromatic N) is 3. The number of carbonyl (C=O) groups is 1. The summed E-state index contributed by atoms with van der Waals surface area (Å²) in [6, 6.07) is 6.90. The molecule has 2 aromatic heterocycles. The molecule has 6 nitrogen and oxygen atoms in total. The Morgan fingerprint density at radius 1 is 1.22 bits per heavy atom. The van der Waals surface area contributed by atoms with Gasteiger partial charge in [0.05, 0.1) is 11.9 Å². The topological polar surface area (TPSA) is 76.7 Å². The number of carboxylic acids is 1. The van der Waals surface area contributed by atoms with E-state index in [0.29, 0.717) is 0 Å². The summed E-state index contributed by atoms with van der Waals surface area (Å²) in [6.45, 7) is 0. The summed E-state index contributed by atoms with van der Waals surface area (Å²) in [4.78, 5) is 15.2. The number of alkyl halides is 3. The molecule has 0 aliphatic carbocycles. The van der Waals surface area contributed by atoms with Gasteiger partial charge in [-0.05, 0) is 18.2 Å². The number of hydrogen-bond donors (Lipinski definition) is 1. The largest absolute Gasteiger partial charge is 0.573 e. The van der Waals surface area contributed by atoms with Gasteiger partial charge in [-0.25, -0.2) is 14.3 Å². The second-order valence-electron chi connectivity index (χ2n) is 4.49. The van der Waals surface area contributed by atoms with Gasteiger partial charge in [-0.2, -0.15) is 5.10 Å². The molecule has 0 saturated carbocycles. The Hall–Kier alpha value is -3.10. The van der Waals surface area contributed by atoms with Crippen LogP contribution in [0.15, 0.2) is 42.7 Å². The summed E-state index contributed by atoms with van der Waals surface area (Å²) in [5.41, 5.74) is 0.100. The molecule has 118 valence electrons. The van der Waals surface area contributed by atoms with Crippen LogP contribution >= 0.6 is 0 Å². The third-order valence-electron chi connectivity index (χ3n) is 2.99. The summed E-state index contributed by atoms with van der Waals surface area (Å²) in [5.74, 6) is -1.65. The predicted octanol–water partition coefficient (Wildman–Crippen LogP) is 2.99. The van der Waals surface area contributed by atoms with Crippen LogP contribution in [0.4, 0.5) is 13.2 Å². The quantitative estimate of drug-likeness (QED) is 0.802. The van der Waals surface area contributed by atoms with E-state index in [0.717, 1.165) is 12.3 Å². The van der Waals surface area contributed by atoms with E-state index in [4.69, 9.17) is 5.11 Å². The van der Waals surface area contributed by atoms with Crippen molar-refractivity contribution in [3.05, 3.63) is 48.3 Å². The highest BCUT2D eigenvalue weighted by Crippen LogP contribution is 2.32. The van der Waals surface area contributed by atoms with Crippen LogP contribution in [0, 0.1) is 0 Å². The van der Waals surface area contributed by atoms with Gasteiger partial charge in [-0.3, -0.25) is 0 Å². The van der Waals surface area contributed by atoms with Gasteiger partial charge in [0.2, 0.25) is 0 Å². The van der Waals surface area contributed by atoms with E-state index >= 15 is 0 Å². The van der Waals surface area contributed by atoms with Gasteiger partial charge in [0.25, 0.3) is 0 Å². The standard InChI is InChI=1S/C14H8F3N3O3/c15-14(16,17)23-11-4-2-1-3-8(11)10-5-6-20-12(19-10)9(7-18-20)13(21)22/h1-7H,(H,21,22). The van der Waals surface area contributed by atoms with Crippen LogP contribution in [0.1, 0.15) is 10.4 Å². The Labute approximate surface area is 126 Å². The highest BCUT2D eigenvalue weighted by Gasteiger charge is 2.32. The molecule has 0 radical (unpaired) electrons. The first-order valence-corrected chi connectivity index (χ1v) is 6.28. The van der Waals surface area contributed by atoms with Crippen molar-refractivity contribution in [1.82, 2.24) is 14.6 Å². The van der Waals surface area contributed by atoms with Crippen LogP contribution in [-0.4, -0.2) is 32.0 Å². The lowest BCUT2D eigenvalue weighted by atomic mass is 10.1. The first kappa shape index (κ1) is 14.8. The van der Waals surface area contributed by atoms with Gasteiger partial charge in [-0.15, -0.1) is 13.2 Å². The molecule has 0 unspecified atom stereocenters. The molecule has 23 heavy (non-hydrogen) atoms. The molecule has 0 saturated heterocycles. The van der Waals surface area contributed by atoms with Gasteiger partial charge in [0.1, 0.15) is 11.3 Å². The maximum absolute atomic E-state index is 12.5. The fourth-order valence-electron chi connectivity index (χ4n) is 2.06. The number of benzene rings is 1. The van der Waals surface area contributed by atoms with Gasteiger partial charge in [-0.1, -0.05) is 12.1 Å². The Bertz CT molecular complexity index is 890. The van der Waals surface area contributed by atoms with Crippen LogP contribution in [0.5, 0.6) is 5.75 Å². The predicted molar refractivity (Wildman–Crippen MR) is 72.1 cm³/mol. The second-order valence-corrected chi connectivity index (χ2v) is 4.49. The van der Waals surface area contributed by atoms with E-state index in [1.807, 2.05) is 0 Å². The van der Waals surface area contributed by atoms with Crippen molar-refractivity contribution in [3.63, 3.8) is 0 Å². The molecule has 0 aliphatic rings. The Kier molecular flexibility index (Phi) is 3.40. The van der Waals surface area contributed by atoms with Crippen molar-refractivity contribution in [3.8, 4) is 17.0 Å². The SMILES string of the molecule is O=C(O)c1cnn2ccc(-c3ccccc3OC(F)(F)F)nc12. The minimum atomic E-state index is -4.84. The van der Waals surface area contributed by atoms with E-state index in [1.165, 1.54) is 35.0 Å². The number of ether oxygens (including phenoxy) is 1. The van der Waals surface area contributed by atoms with Crippen molar-refractivity contribution < 1.29 is 27.8 Å². The maximum Gasteiger partial charge on any atom is 0.573 e. The third-order valence-corrected chi connectivity index (χ3v) is 2.99. The van der Waals surface area contributed by atoms with Crippen LogP contribution in [0.25, 0.3) is 16.9 Å². The Balaban J connectivity index is 2.14. The van der Waals surface area contributed by atoms with Crippen molar-refractivity contribution >= 4 is 11.6 Å². The monoisotopic (exact) mass is 323 g/mol. The van der Waals surface area contributed by atoms with Crippen LogP contribution in [0.3, 0.4) is 0 Å². The zero-order valence-electron chi connectivity index (χ0n) is 11.3. The lowest BCUT2D eigenvalue weighted by molar-refractivity contribution is -0.274. The zero-order valence-corrected chi connectivity index (χ0v) is 11.3. The number of fused-ring (bicyclic) bond motifs is 1. The highest BCUT2D eigenvalue weighted by molar-refractivity contribution is 5.94. The molecule has 1 aromatic carbocycles. The van der Waals surface area contributed by atoms with Crippen molar-refractivity contribution in [2.24, 2.45) is 0 Å². The van der Waals surface area contributed by atoms with E-state index in [1.54, 1.807) is 0 Å². The molecular formula is C14H8F3N3O3. The van der Waals surface area contributed by atoms with Gasteiger partial charge < -0.3 is 9.84 Å². The van der Waals surface area contributed by atoms with E-state index in [9.17, 15) is 18.0 Å². The van der Waals surface area contributed by atoms with Crippen LogP contribution < -0.4 is 4.74 Å². The number of para-hydroxylation sites is 1. The van der Waals surface area contributed by atoms with Crippen molar-refractivity contribution in [1.29, 1.82) is 0 Å². The van der Waals surface area contributed by atoms with E-state index in [-0.39, 0.29) is 22.5 Å². The number of aromatic carboxylic acids is 1. The average Bonchev–Trinajstić information content (AvgIpc) is 2.89. The summed E-state index contributed by atoms with van der Waals surface area (Å²) in [6.07, 6.45) is -2.32. The lowest BCUT2D eigenvalue weighted by Crippen LogP contribution is -2.17. The maximum atomic E-state index is 12.5. The third kappa shape index (κ3) is 2.93. The molecule has 9 heteroatoms. The lowest BCUT2D eigenvalue weighted by Gasteiger charge is -2.12. The van der Waals surface area contributed by atoms with Crippen molar-refractivity contribution in [2.75, 3.05) is 0 Å². The molecule has 0 fully saturated rings. The Morgan fingerprint density at radius 2 is 1.96 bits per heavy atom. The molecule has 0 aliphatic heterocycles. The average molecular weight is 323 g/mol. The van der Waals surface area contributed by atoms with E-state index < -0.39 is 18.1 Å². The fourth-order valence-corrected chi connectivity index (χ4v) is 2.06. The number of rotatable bonds is 3. The first-order valence-electron chi connectivity index (χ1n) is 6.28. The summed E-state index contributed by atoms with van der Waals surface area (Å²) < 4.78 is 42.6. The molecule has 0 atom stereocenters. The Morgan fingerprint density at radius 3 is 2.65 bits per heavy atom. The number of carboxylic acid groups (broad SMARTS) is 1. The molecular weight excluding hydrogens is 315 g/mol. The normalized spacial score (nSPS) is 11.6. The van der Waals surface area contributed by atoms with Gasteiger partial charge in [0.15, 0.2) is 5.65 Å². The minimum absolute atomic E-state index is 0.0248. The second kappa shape index (κ2) is 5.27. The summed E-state index contributed by atoms with van der Waals surface area (Å²) >= 11 is 0. The number of aromatic nitrogens is 3. The van der Waals surface area contributed by atoms with Gasteiger partial charge in [0, 0.05) is 11.8 Å². The van der Waals surface area contributed by atoms with Crippen LogP contribution in [-0.2, 0) is 0 Å². The minimum Gasteiger partial charge on any atom is -0.477 e. The molecule has 0 bridgehead atoms. The molecule has 0 spiro atoms. The molecule has 0 amide bonds. The number of hydrogen-bond acceptors (Lipinski definition) is 4. The smallest absolute Gasteiger partial charge is 0.477 e. The molecule has 1 N–H and O–H groups in total. The van der Waals surface area contributed by atoms with Gasteiger partial charge >= 0.3 is 12.3 Å². The fraction of sp³-hybridized carbons (Fsp3) is 0.0714. The molecule has 3 aromatic rings. The van der Waals surface area contributed by atoms with Crippen LogP contribution in [0.2, 0.25) is 0 Å². The first-order chi connectivity index (χ1) is 10.8. The highest BCUT2D eigenvalue weighted by atomic mass is 19.4. The van der Waals surface area contributed by atoms with E-state index in [2.05, 4.69) is 14.8 Å². The summed E-state index contributed by atoms with van der Waals surface area (Å²) in [7, 11) is 0. The molecule has 2 heterocycles. The number of halogens is 3. The summed E-state index contributed by atoms with van der Waals surface area (Å²) in [5, 5.41) is 12.9. The molecule has 3 rings (SSSR count). The zero-order chi connectivity index (χ0) is 16.6. The van der Waals surface area contributed by atoms with Crippen molar-refractivity contribution in [2.45, 2.75) is 6.36 Å².